The normalized spacial score (nSPS) is 10.6. The van der Waals surface area contributed by atoms with Crippen LogP contribution in [0, 0.1) is 6.92 Å². The SMILES string of the molecule is Cc1csc(NC(=O)c2ccc(Cl)cc2-n2cnnn2)n1. The van der Waals surface area contributed by atoms with Gasteiger partial charge in [-0.2, -0.15) is 4.68 Å². The highest BCUT2D eigenvalue weighted by Crippen LogP contribution is 2.21. The van der Waals surface area contributed by atoms with Gasteiger partial charge in [-0.25, -0.2) is 4.98 Å². The van der Waals surface area contributed by atoms with Gasteiger partial charge in [0.25, 0.3) is 5.91 Å². The largest absolute Gasteiger partial charge is 0.298 e. The summed E-state index contributed by atoms with van der Waals surface area (Å²) >= 11 is 7.34. The third-order valence-corrected chi connectivity index (χ3v) is 3.75. The van der Waals surface area contributed by atoms with Crippen LogP contribution in [0.15, 0.2) is 29.9 Å². The number of carbonyl (C=O) groups excluding carboxylic acids is 1. The zero-order chi connectivity index (χ0) is 14.8. The van der Waals surface area contributed by atoms with Gasteiger partial charge in [-0.05, 0) is 35.5 Å². The molecule has 0 radical (unpaired) electrons. The average Bonchev–Trinajstić information content (AvgIpc) is 3.10. The number of nitrogens with zero attached hydrogens (tertiary/aromatic N) is 5. The van der Waals surface area contributed by atoms with Crippen molar-refractivity contribution in [3.8, 4) is 5.69 Å². The molecule has 3 rings (SSSR count). The lowest BCUT2D eigenvalue weighted by Crippen LogP contribution is -2.15. The first-order valence-electron chi connectivity index (χ1n) is 5.90. The second kappa shape index (κ2) is 5.58. The molecule has 0 aliphatic rings. The third kappa shape index (κ3) is 2.91. The minimum absolute atomic E-state index is 0.300. The highest BCUT2D eigenvalue weighted by Gasteiger charge is 2.15. The van der Waals surface area contributed by atoms with Crippen LogP contribution in [-0.2, 0) is 0 Å². The van der Waals surface area contributed by atoms with Gasteiger partial charge >= 0.3 is 0 Å². The molecular weight excluding hydrogens is 312 g/mol. The Labute approximate surface area is 128 Å². The molecule has 1 aromatic carbocycles. The Morgan fingerprint density at radius 2 is 2.29 bits per heavy atom. The van der Waals surface area contributed by atoms with Gasteiger partial charge in [0.15, 0.2) is 5.13 Å². The fourth-order valence-corrected chi connectivity index (χ4v) is 2.58. The quantitative estimate of drug-likeness (QED) is 0.800. The minimum Gasteiger partial charge on any atom is -0.298 e. The average molecular weight is 321 g/mol. The standard InChI is InChI=1S/C12H9ClN6OS/c1-7-5-21-12(15-7)16-11(20)9-3-2-8(13)4-10(9)19-6-14-17-18-19/h2-6H,1H3,(H,15,16,20). The molecule has 9 heteroatoms. The Kier molecular flexibility index (Phi) is 3.63. The molecule has 0 saturated carbocycles. The van der Waals surface area contributed by atoms with E-state index in [1.54, 1.807) is 18.2 Å². The van der Waals surface area contributed by atoms with E-state index < -0.39 is 0 Å². The number of hydrogen-bond donors (Lipinski definition) is 1. The fraction of sp³-hybridized carbons (Fsp3) is 0.0833. The number of tetrazole rings is 1. The van der Waals surface area contributed by atoms with Crippen molar-refractivity contribution in [2.24, 2.45) is 0 Å². The Hall–Kier alpha value is -2.32. The van der Waals surface area contributed by atoms with Gasteiger partial charge in [0.2, 0.25) is 0 Å². The second-order valence-electron chi connectivity index (χ2n) is 4.16. The Morgan fingerprint density at radius 1 is 1.43 bits per heavy atom. The number of benzene rings is 1. The summed E-state index contributed by atoms with van der Waals surface area (Å²) in [6.07, 6.45) is 1.40. The van der Waals surface area contributed by atoms with Crippen molar-refractivity contribution in [2.75, 3.05) is 5.32 Å². The molecule has 0 unspecified atom stereocenters. The molecular formula is C12H9ClN6OS. The van der Waals surface area contributed by atoms with E-state index in [1.807, 2.05) is 12.3 Å². The van der Waals surface area contributed by atoms with Crippen LogP contribution in [0.5, 0.6) is 0 Å². The summed E-state index contributed by atoms with van der Waals surface area (Å²) in [5.41, 5.74) is 1.75. The van der Waals surface area contributed by atoms with Gasteiger partial charge in [0.1, 0.15) is 6.33 Å². The number of aryl methyl sites for hydroxylation is 1. The zero-order valence-electron chi connectivity index (χ0n) is 10.8. The second-order valence-corrected chi connectivity index (χ2v) is 5.46. The highest BCUT2D eigenvalue weighted by molar-refractivity contribution is 7.13. The van der Waals surface area contributed by atoms with Gasteiger partial charge < -0.3 is 0 Å². The van der Waals surface area contributed by atoms with Crippen LogP contribution in [0.25, 0.3) is 5.69 Å². The van der Waals surface area contributed by atoms with E-state index in [1.165, 1.54) is 22.3 Å². The minimum atomic E-state index is -0.300. The Balaban J connectivity index is 1.96. The van der Waals surface area contributed by atoms with Crippen LogP contribution in [0.2, 0.25) is 5.02 Å². The van der Waals surface area contributed by atoms with E-state index in [2.05, 4.69) is 25.8 Å². The lowest BCUT2D eigenvalue weighted by molar-refractivity contribution is 0.102. The Bertz CT molecular complexity index is 785. The molecule has 7 nitrogen and oxygen atoms in total. The maximum absolute atomic E-state index is 12.4. The van der Waals surface area contributed by atoms with Gasteiger partial charge in [-0.15, -0.1) is 16.4 Å². The molecule has 2 heterocycles. The molecule has 1 N–H and O–H groups in total. The fourth-order valence-electron chi connectivity index (χ4n) is 1.73. The summed E-state index contributed by atoms with van der Waals surface area (Å²) in [7, 11) is 0. The predicted octanol–water partition coefficient (Wildman–Crippen LogP) is 2.33. The molecule has 0 fully saturated rings. The van der Waals surface area contributed by atoms with Crippen LogP contribution >= 0.6 is 22.9 Å². The van der Waals surface area contributed by atoms with Crippen molar-refractivity contribution < 1.29 is 4.79 Å². The van der Waals surface area contributed by atoms with E-state index >= 15 is 0 Å². The van der Waals surface area contributed by atoms with Crippen molar-refractivity contribution in [3.63, 3.8) is 0 Å². The van der Waals surface area contributed by atoms with Crippen LogP contribution < -0.4 is 5.32 Å². The molecule has 0 aliphatic heterocycles. The van der Waals surface area contributed by atoms with E-state index in [0.717, 1.165) is 5.69 Å². The summed E-state index contributed by atoms with van der Waals surface area (Å²) < 4.78 is 1.38. The summed E-state index contributed by atoms with van der Waals surface area (Å²) in [5, 5.41) is 16.5. The van der Waals surface area contributed by atoms with Gasteiger partial charge in [-0.3, -0.25) is 10.1 Å². The molecule has 106 valence electrons. The van der Waals surface area contributed by atoms with Crippen molar-refractivity contribution in [3.05, 3.63) is 46.2 Å². The van der Waals surface area contributed by atoms with Crippen molar-refractivity contribution >= 4 is 34.0 Å². The van der Waals surface area contributed by atoms with Crippen molar-refractivity contribution in [1.82, 2.24) is 25.2 Å². The molecule has 0 atom stereocenters. The number of nitrogens with one attached hydrogen (secondary N) is 1. The van der Waals surface area contributed by atoms with E-state index in [0.29, 0.717) is 21.4 Å². The predicted molar refractivity (Wildman–Crippen MR) is 79.0 cm³/mol. The molecule has 3 aromatic rings. The first kappa shape index (κ1) is 13.7. The van der Waals surface area contributed by atoms with Gasteiger partial charge in [-0.1, -0.05) is 11.6 Å². The first-order valence-corrected chi connectivity index (χ1v) is 7.15. The van der Waals surface area contributed by atoms with Gasteiger partial charge in [0, 0.05) is 10.4 Å². The number of halogens is 1. The van der Waals surface area contributed by atoms with Crippen LogP contribution in [-0.4, -0.2) is 31.1 Å². The number of amides is 1. The molecule has 1 amide bonds. The Morgan fingerprint density at radius 3 is 2.95 bits per heavy atom. The summed E-state index contributed by atoms with van der Waals surface area (Å²) in [4.78, 5) is 16.6. The number of anilines is 1. The topological polar surface area (TPSA) is 85.6 Å². The van der Waals surface area contributed by atoms with E-state index in [4.69, 9.17) is 11.6 Å². The number of hydrogen-bond acceptors (Lipinski definition) is 6. The van der Waals surface area contributed by atoms with Gasteiger partial charge in [0.05, 0.1) is 16.9 Å². The molecule has 2 aromatic heterocycles. The van der Waals surface area contributed by atoms with E-state index in [-0.39, 0.29) is 5.91 Å². The zero-order valence-corrected chi connectivity index (χ0v) is 12.4. The third-order valence-electron chi connectivity index (χ3n) is 2.64. The van der Waals surface area contributed by atoms with Crippen LogP contribution in [0.1, 0.15) is 16.1 Å². The summed E-state index contributed by atoms with van der Waals surface area (Å²) in [6.45, 7) is 1.86. The highest BCUT2D eigenvalue weighted by atomic mass is 35.5. The van der Waals surface area contributed by atoms with Crippen molar-refractivity contribution in [2.45, 2.75) is 6.92 Å². The first-order chi connectivity index (χ1) is 10.1. The van der Waals surface area contributed by atoms with Crippen LogP contribution in [0.3, 0.4) is 0 Å². The number of carbonyl (C=O) groups is 1. The lowest BCUT2D eigenvalue weighted by atomic mass is 10.1. The molecule has 21 heavy (non-hydrogen) atoms. The number of rotatable bonds is 3. The monoisotopic (exact) mass is 320 g/mol. The lowest BCUT2D eigenvalue weighted by Gasteiger charge is -2.08. The smallest absolute Gasteiger partial charge is 0.259 e. The maximum Gasteiger partial charge on any atom is 0.259 e. The number of thiazole rings is 1. The molecule has 0 spiro atoms. The van der Waals surface area contributed by atoms with Crippen molar-refractivity contribution in [1.29, 1.82) is 0 Å². The molecule has 0 aliphatic carbocycles. The van der Waals surface area contributed by atoms with E-state index in [9.17, 15) is 4.79 Å². The maximum atomic E-state index is 12.4. The van der Waals surface area contributed by atoms with Crippen LogP contribution in [0.4, 0.5) is 5.13 Å². The molecule has 0 bridgehead atoms. The molecule has 0 saturated heterocycles. The summed E-state index contributed by atoms with van der Waals surface area (Å²) in [5.74, 6) is -0.300. The number of aromatic nitrogens is 5. The summed E-state index contributed by atoms with van der Waals surface area (Å²) in [6, 6.07) is 4.88.